The van der Waals surface area contributed by atoms with Crippen LogP contribution in [0.1, 0.15) is 63.8 Å². The van der Waals surface area contributed by atoms with Crippen molar-refractivity contribution in [3.63, 3.8) is 0 Å². The van der Waals surface area contributed by atoms with Gasteiger partial charge in [-0.2, -0.15) is 0 Å². The first-order valence-electron chi connectivity index (χ1n) is 9.75. The first-order valence-corrected chi connectivity index (χ1v) is 10.6. The Balaban J connectivity index is 2.57. The zero-order chi connectivity index (χ0) is 22.1. The Kier molecular flexibility index (Phi) is 6.58. The molecule has 0 aliphatic heterocycles. The lowest BCUT2D eigenvalue weighted by molar-refractivity contribution is -0.129. The highest BCUT2D eigenvalue weighted by atomic mass is 32.2. The number of hydrogen-bond donors (Lipinski definition) is 1. The average Bonchev–Trinajstić information content (AvgIpc) is 2.56. The van der Waals surface area contributed by atoms with Crippen molar-refractivity contribution in [2.24, 2.45) is 0 Å². The highest BCUT2D eigenvalue weighted by Gasteiger charge is 2.24. The van der Waals surface area contributed by atoms with E-state index in [0.717, 1.165) is 32.0 Å². The normalized spacial score (nSPS) is 12.0. The summed E-state index contributed by atoms with van der Waals surface area (Å²) in [5, 5.41) is 10.4. The molecule has 3 nitrogen and oxygen atoms in total. The van der Waals surface area contributed by atoms with E-state index in [2.05, 4.69) is 60.3 Å². The van der Waals surface area contributed by atoms with Crippen LogP contribution in [0.25, 0.3) is 0 Å². The van der Waals surface area contributed by atoms with Gasteiger partial charge in [0.25, 0.3) is 0 Å². The van der Waals surface area contributed by atoms with Crippen molar-refractivity contribution in [1.29, 1.82) is 0 Å². The van der Waals surface area contributed by atoms with Gasteiger partial charge in [0, 0.05) is 27.0 Å². The standard InChI is InChI=1S/C25H32O3S/c1-10-23(27)28-20-12-16(3)22(14-18(20)25(7,8)9)29-21-13-17(24(4,5)6)19(26)11-15(21)2/h10-14,26H,1H2,2-9H3. The van der Waals surface area contributed by atoms with Crippen molar-refractivity contribution in [2.45, 2.75) is 76.0 Å². The first kappa shape index (κ1) is 23.1. The molecular formula is C25H32O3S. The van der Waals surface area contributed by atoms with Gasteiger partial charge >= 0.3 is 5.97 Å². The molecule has 0 fully saturated rings. The van der Waals surface area contributed by atoms with E-state index in [1.807, 2.05) is 26.0 Å². The topological polar surface area (TPSA) is 46.5 Å². The van der Waals surface area contributed by atoms with Gasteiger partial charge in [0.15, 0.2) is 0 Å². The molecule has 0 aliphatic rings. The van der Waals surface area contributed by atoms with Gasteiger partial charge in [0.1, 0.15) is 11.5 Å². The zero-order valence-electron chi connectivity index (χ0n) is 18.8. The largest absolute Gasteiger partial charge is 0.508 e. The van der Waals surface area contributed by atoms with Gasteiger partial charge < -0.3 is 9.84 Å². The van der Waals surface area contributed by atoms with E-state index in [1.54, 1.807) is 11.8 Å². The lowest BCUT2D eigenvalue weighted by Crippen LogP contribution is -2.16. The summed E-state index contributed by atoms with van der Waals surface area (Å²) in [4.78, 5) is 14.0. The summed E-state index contributed by atoms with van der Waals surface area (Å²) in [6.45, 7) is 20.1. The molecule has 0 aromatic heterocycles. The maximum atomic E-state index is 11.8. The Morgan fingerprint density at radius 1 is 0.931 bits per heavy atom. The van der Waals surface area contributed by atoms with Gasteiger partial charge in [-0.15, -0.1) is 0 Å². The number of ether oxygens (including phenoxy) is 1. The molecule has 0 atom stereocenters. The minimum atomic E-state index is -0.459. The number of aromatic hydroxyl groups is 1. The summed E-state index contributed by atoms with van der Waals surface area (Å²) in [6.07, 6.45) is 1.18. The molecule has 2 aromatic rings. The Morgan fingerprint density at radius 3 is 1.90 bits per heavy atom. The van der Waals surface area contributed by atoms with Crippen LogP contribution in [0.3, 0.4) is 0 Å². The number of phenols is 1. The van der Waals surface area contributed by atoms with E-state index in [9.17, 15) is 9.90 Å². The van der Waals surface area contributed by atoms with Gasteiger partial charge in [-0.3, -0.25) is 0 Å². The van der Waals surface area contributed by atoms with E-state index >= 15 is 0 Å². The van der Waals surface area contributed by atoms with Crippen molar-refractivity contribution >= 4 is 17.7 Å². The molecule has 0 heterocycles. The second-order valence-electron chi connectivity index (χ2n) is 9.48. The summed E-state index contributed by atoms with van der Waals surface area (Å²) in [6, 6.07) is 7.94. The Hall–Kier alpha value is -2.20. The second kappa shape index (κ2) is 8.27. The quantitative estimate of drug-likeness (QED) is 0.339. The van der Waals surface area contributed by atoms with Crippen molar-refractivity contribution in [1.82, 2.24) is 0 Å². The average molecular weight is 413 g/mol. The monoisotopic (exact) mass is 412 g/mol. The number of benzene rings is 2. The number of hydrogen-bond acceptors (Lipinski definition) is 4. The Morgan fingerprint density at radius 2 is 1.41 bits per heavy atom. The van der Waals surface area contributed by atoms with Crippen LogP contribution in [0.15, 0.2) is 46.7 Å². The number of phenolic OH excluding ortho intramolecular Hbond substituents is 1. The Bertz CT molecular complexity index is 944. The van der Waals surface area contributed by atoms with Crippen LogP contribution in [-0.4, -0.2) is 11.1 Å². The van der Waals surface area contributed by atoms with Crippen LogP contribution in [0.5, 0.6) is 11.5 Å². The van der Waals surface area contributed by atoms with Gasteiger partial charge in [0.2, 0.25) is 0 Å². The van der Waals surface area contributed by atoms with Crippen molar-refractivity contribution in [3.8, 4) is 11.5 Å². The molecular weight excluding hydrogens is 380 g/mol. The number of aryl methyl sites for hydroxylation is 2. The predicted octanol–water partition coefficient (Wildman–Crippen LogP) is 6.85. The van der Waals surface area contributed by atoms with E-state index in [4.69, 9.17) is 4.74 Å². The highest BCUT2D eigenvalue weighted by Crippen LogP contribution is 2.42. The molecule has 0 bridgehead atoms. The zero-order valence-corrected chi connectivity index (χ0v) is 19.6. The highest BCUT2D eigenvalue weighted by molar-refractivity contribution is 7.99. The van der Waals surface area contributed by atoms with Crippen LogP contribution < -0.4 is 4.74 Å². The van der Waals surface area contributed by atoms with Crippen LogP contribution in [0.2, 0.25) is 0 Å². The molecule has 0 spiro atoms. The minimum Gasteiger partial charge on any atom is -0.508 e. The third-order valence-corrected chi connectivity index (χ3v) is 6.10. The van der Waals surface area contributed by atoms with Crippen molar-refractivity contribution in [2.75, 3.05) is 0 Å². The number of carbonyl (C=O) groups excluding carboxylic acids is 1. The summed E-state index contributed by atoms with van der Waals surface area (Å²) in [5.74, 6) is 0.444. The Labute approximate surface area is 179 Å². The fraction of sp³-hybridized carbons (Fsp3) is 0.400. The van der Waals surface area contributed by atoms with Crippen LogP contribution in [-0.2, 0) is 15.6 Å². The number of carbonyl (C=O) groups is 1. The molecule has 156 valence electrons. The van der Waals surface area contributed by atoms with Gasteiger partial charge in [-0.25, -0.2) is 4.79 Å². The molecule has 0 unspecified atom stereocenters. The fourth-order valence-corrected chi connectivity index (χ4v) is 4.12. The molecule has 2 aromatic carbocycles. The van der Waals surface area contributed by atoms with Gasteiger partial charge in [0.05, 0.1) is 0 Å². The number of rotatable bonds is 4. The maximum Gasteiger partial charge on any atom is 0.335 e. The predicted molar refractivity (Wildman–Crippen MR) is 121 cm³/mol. The van der Waals surface area contributed by atoms with E-state index in [1.165, 1.54) is 6.08 Å². The molecule has 29 heavy (non-hydrogen) atoms. The number of esters is 1. The SMILES string of the molecule is C=CC(=O)Oc1cc(C)c(Sc2cc(C(C)(C)C)c(O)cc2C)cc1C(C)(C)C. The van der Waals surface area contributed by atoms with E-state index in [0.29, 0.717) is 11.5 Å². The van der Waals surface area contributed by atoms with Crippen molar-refractivity contribution in [3.05, 3.63) is 59.2 Å². The second-order valence-corrected chi connectivity index (χ2v) is 10.6. The van der Waals surface area contributed by atoms with Gasteiger partial charge in [-0.1, -0.05) is 59.9 Å². The first-order chi connectivity index (χ1) is 13.2. The third kappa shape index (κ3) is 5.45. The summed E-state index contributed by atoms with van der Waals surface area (Å²) in [7, 11) is 0. The minimum absolute atomic E-state index is 0.151. The lowest BCUT2D eigenvalue weighted by atomic mass is 9.86. The van der Waals surface area contributed by atoms with Crippen LogP contribution in [0.4, 0.5) is 0 Å². The lowest BCUT2D eigenvalue weighted by Gasteiger charge is -2.25. The molecule has 1 N–H and O–H groups in total. The molecule has 4 heteroatoms. The fourth-order valence-electron chi connectivity index (χ4n) is 3.09. The molecule has 2 rings (SSSR count). The smallest absolute Gasteiger partial charge is 0.335 e. The molecule has 0 aliphatic carbocycles. The molecule has 0 saturated carbocycles. The van der Waals surface area contributed by atoms with Gasteiger partial charge in [-0.05, 0) is 60.1 Å². The summed E-state index contributed by atoms with van der Waals surface area (Å²) >= 11 is 1.67. The van der Waals surface area contributed by atoms with Crippen LogP contribution >= 0.6 is 11.8 Å². The third-order valence-electron chi connectivity index (χ3n) is 4.78. The van der Waals surface area contributed by atoms with E-state index < -0.39 is 5.97 Å². The summed E-state index contributed by atoms with van der Waals surface area (Å²) < 4.78 is 5.51. The van der Waals surface area contributed by atoms with Crippen molar-refractivity contribution < 1.29 is 14.6 Å². The molecule has 0 amide bonds. The maximum absolute atomic E-state index is 11.8. The van der Waals surface area contributed by atoms with E-state index in [-0.39, 0.29) is 10.8 Å². The van der Waals surface area contributed by atoms with Crippen LogP contribution in [0, 0.1) is 13.8 Å². The summed E-state index contributed by atoms with van der Waals surface area (Å²) in [5.41, 5.74) is 3.60. The molecule has 0 saturated heterocycles. The molecule has 0 radical (unpaired) electrons.